The van der Waals surface area contributed by atoms with Crippen LogP contribution in [0.25, 0.3) is 0 Å². The molecular weight excluding hydrogens is 225 g/mol. The third-order valence-corrected chi connectivity index (χ3v) is 1.73. The van der Waals surface area contributed by atoms with Crippen LogP contribution in [0.4, 0.5) is 18.9 Å². The minimum absolute atomic E-state index is 0.393. The minimum Gasteiger partial charge on any atom is -0.258 e. The molecule has 1 aromatic heterocycles. The number of aromatic nitrogens is 1. The van der Waals surface area contributed by atoms with Gasteiger partial charge < -0.3 is 0 Å². The number of alkyl halides is 2. The number of pyridine rings is 1. The van der Waals surface area contributed by atoms with Crippen LogP contribution in [0.3, 0.4) is 0 Å². The largest absolute Gasteiger partial charge is 0.303 e. The fourth-order valence-electron chi connectivity index (χ4n) is 0.814. The smallest absolute Gasteiger partial charge is 0.258 e. The molecule has 0 saturated carbocycles. The average molecular weight is 227 g/mol. The van der Waals surface area contributed by atoms with Crippen molar-refractivity contribution in [1.29, 1.82) is 0 Å². The van der Waals surface area contributed by atoms with Crippen molar-refractivity contribution in [3.8, 4) is 0 Å². The Hall–Kier alpha value is -1.37. The number of nitro groups is 1. The number of rotatable bonds is 2. The zero-order valence-electron chi connectivity index (χ0n) is 6.38. The first kappa shape index (κ1) is 10.7. The Morgan fingerprint density at radius 2 is 2.14 bits per heavy atom. The lowest BCUT2D eigenvalue weighted by Crippen LogP contribution is -2.00. The Morgan fingerprint density at radius 1 is 1.57 bits per heavy atom. The van der Waals surface area contributed by atoms with Crippen LogP contribution in [0.15, 0.2) is 6.20 Å². The van der Waals surface area contributed by atoms with Crippen LogP contribution >= 0.6 is 11.6 Å². The third-order valence-electron chi connectivity index (χ3n) is 1.40. The number of hydrogen-bond donors (Lipinski definition) is 0. The summed E-state index contributed by atoms with van der Waals surface area (Å²) in [6, 6.07) is 0. The summed E-state index contributed by atoms with van der Waals surface area (Å²) in [5.74, 6) is -1.34. The van der Waals surface area contributed by atoms with Crippen LogP contribution in [0.5, 0.6) is 0 Å². The highest BCUT2D eigenvalue weighted by molar-refractivity contribution is 6.32. The molecule has 1 heterocycles. The van der Waals surface area contributed by atoms with Crippen molar-refractivity contribution in [2.75, 3.05) is 0 Å². The summed E-state index contributed by atoms with van der Waals surface area (Å²) >= 11 is 5.12. The first-order valence-corrected chi connectivity index (χ1v) is 3.59. The number of nitrogens with zero attached hydrogens (tertiary/aromatic N) is 2. The van der Waals surface area contributed by atoms with E-state index in [0.29, 0.717) is 6.20 Å². The molecule has 1 rings (SSSR count). The van der Waals surface area contributed by atoms with Gasteiger partial charge in [-0.3, -0.25) is 10.1 Å². The van der Waals surface area contributed by atoms with Gasteiger partial charge in [0.2, 0.25) is 5.95 Å². The first-order valence-electron chi connectivity index (χ1n) is 3.21. The van der Waals surface area contributed by atoms with Gasteiger partial charge in [0.25, 0.3) is 6.43 Å². The fraction of sp³-hybridized carbons (Fsp3) is 0.167. The minimum atomic E-state index is -3.12. The molecule has 0 spiro atoms. The highest BCUT2D eigenvalue weighted by Crippen LogP contribution is 2.34. The van der Waals surface area contributed by atoms with Gasteiger partial charge in [-0.15, -0.1) is 0 Å². The maximum Gasteiger partial charge on any atom is 0.303 e. The van der Waals surface area contributed by atoms with Crippen LogP contribution in [0.1, 0.15) is 12.0 Å². The second-order valence-electron chi connectivity index (χ2n) is 2.22. The molecule has 0 bridgehead atoms. The van der Waals surface area contributed by atoms with E-state index in [-0.39, 0.29) is 0 Å². The van der Waals surface area contributed by atoms with Gasteiger partial charge in [-0.2, -0.15) is 4.39 Å². The van der Waals surface area contributed by atoms with Crippen molar-refractivity contribution in [3.63, 3.8) is 0 Å². The number of hydrogen-bond acceptors (Lipinski definition) is 3. The van der Waals surface area contributed by atoms with E-state index in [1.54, 1.807) is 0 Å². The van der Waals surface area contributed by atoms with Crippen molar-refractivity contribution in [3.05, 3.63) is 32.8 Å². The quantitative estimate of drug-likeness (QED) is 0.443. The predicted molar refractivity (Wildman–Crippen MR) is 40.8 cm³/mol. The maximum atomic E-state index is 12.6. The Balaban J connectivity index is 3.45. The van der Waals surface area contributed by atoms with Crippen LogP contribution < -0.4 is 0 Å². The summed E-state index contributed by atoms with van der Waals surface area (Å²) in [6.07, 6.45) is -2.73. The molecule has 0 saturated heterocycles. The van der Waals surface area contributed by atoms with Crippen molar-refractivity contribution in [2.45, 2.75) is 6.43 Å². The second-order valence-corrected chi connectivity index (χ2v) is 2.60. The first-order chi connectivity index (χ1) is 6.45. The van der Waals surface area contributed by atoms with Crippen LogP contribution in [0, 0.1) is 16.1 Å². The van der Waals surface area contributed by atoms with E-state index in [9.17, 15) is 23.3 Å². The highest BCUT2D eigenvalue weighted by Gasteiger charge is 2.28. The summed E-state index contributed by atoms with van der Waals surface area (Å²) < 4.78 is 36.9. The second kappa shape index (κ2) is 3.79. The average Bonchev–Trinajstić information content (AvgIpc) is 2.08. The fourth-order valence-corrected chi connectivity index (χ4v) is 1.04. The van der Waals surface area contributed by atoms with E-state index in [1.807, 2.05) is 0 Å². The highest BCUT2D eigenvalue weighted by atomic mass is 35.5. The van der Waals surface area contributed by atoms with Gasteiger partial charge in [0.15, 0.2) is 5.02 Å². The molecule has 0 atom stereocenters. The SMILES string of the molecule is O=[N+]([O-])c1c(C(F)F)cnc(F)c1Cl. The topological polar surface area (TPSA) is 56.0 Å². The zero-order valence-corrected chi connectivity index (χ0v) is 7.13. The van der Waals surface area contributed by atoms with E-state index in [2.05, 4.69) is 4.98 Å². The third kappa shape index (κ3) is 1.77. The van der Waals surface area contributed by atoms with E-state index in [4.69, 9.17) is 11.6 Å². The molecule has 0 aliphatic rings. The van der Waals surface area contributed by atoms with Crippen LogP contribution in [-0.4, -0.2) is 9.91 Å². The molecule has 1 aromatic rings. The molecule has 4 nitrogen and oxygen atoms in total. The molecule has 76 valence electrons. The molecule has 0 radical (unpaired) electrons. The van der Waals surface area contributed by atoms with Gasteiger partial charge >= 0.3 is 5.69 Å². The van der Waals surface area contributed by atoms with E-state index in [0.717, 1.165) is 0 Å². The Kier molecular flexibility index (Phi) is 2.90. The standard InChI is InChI=1S/C6H2ClF3N2O2/c7-3-4(12(13)14)2(5(8)9)1-11-6(3)10/h1,5H. The van der Waals surface area contributed by atoms with Gasteiger partial charge in [-0.05, 0) is 0 Å². The monoisotopic (exact) mass is 226 g/mol. The molecule has 0 aliphatic carbocycles. The van der Waals surface area contributed by atoms with Crippen LogP contribution in [0.2, 0.25) is 5.02 Å². The van der Waals surface area contributed by atoms with Crippen molar-refractivity contribution >= 4 is 17.3 Å². The normalized spacial score (nSPS) is 10.6. The summed E-state index contributed by atoms with van der Waals surface area (Å²) in [7, 11) is 0. The lowest BCUT2D eigenvalue weighted by atomic mass is 10.2. The van der Waals surface area contributed by atoms with Gasteiger partial charge in [-0.1, -0.05) is 11.6 Å². The predicted octanol–water partition coefficient (Wildman–Crippen LogP) is 2.72. The lowest BCUT2D eigenvalue weighted by molar-refractivity contribution is -0.386. The van der Waals surface area contributed by atoms with Gasteiger partial charge in [-0.25, -0.2) is 13.8 Å². The maximum absolute atomic E-state index is 12.6. The molecule has 0 aliphatic heterocycles. The van der Waals surface area contributed by atoms with Crippen molar-refractivity contribution in [2.24, 2.45) is 0 Å². The zero-order chi connectivity index (χ0) is 10.9. The molecule has 14 heavy (non-hydrogen) atoms. The molecule has 0 aromatic carbocycles. The van der Waals surface area contributed by atoms with Gasteiger partial charge in [0.05, 0.1) is 4.92 Å². The summed E-state index contributed by atoms with van der Waals surface area (Å²) in [5.41, 5.74) is -2.14. The lowest BCUT2D eigenvalue weighted by Gasteiger charge is -2.02. The van der Waals surface area contributed by atoms with Crippen molar-refractivity contribution in [1.82, 2.24) is 4.98 Å². The molecule has 0 N–H and O–H groups in total. The van der Waals surface area contributed by atoms with E-state index >= 15 is 0 Å². The summed E-state index contributed by atoms with van der Waals surface area (Å²) in [5, 5.41) is 9.29. The molecule has 0 unspecified atom stereocenters. The van der Waals surface area contributed by atoms with Gasteiger partial charge in [0, 0.05) is 6.20 Å². The van der Waals surface area contributed by atoms with Crippen LogP contribution in [-0.2, 0) is 0 Å². The molecule has 8 heteroatoms. The Morgan fingerprint density at radius 3 is 2.57 bits per heavy atom. The Labute approximate surface area is 80.5 Å². The van der Waals surface area contributed by atoms with Crippen molar-refractivity contribution < 1.29 is 18.1 Å². The summed E-state index contributed by atoms with van der Waals surface area (Å²) in [4.78, 5) is 12.0. The summed E-state index contributed by atoms with van der Waals surface area (Å²) in [6.45, 7) is 0. The molecular formula is C6H2ClF3N2O2. The van der Waals surface area contributed by atoms with Gasteiger partial charge in [0.1, 0.15) is 5.56 Å². The number of halogens is 4. The van der Waals surface area contributed by atoms with E-state index < -0.39 is 33.6 Å². The molecule has 0 fully saturated rings. The Bertz CT molecular complexity index is 386. The van der Waals surface area contributed by atoms with E-state index in [1.165, 1.54) is 0 Å². The molecule has 0 amide bonds.